The van der Waals surface area contributed by atoms with Gasteiger partial charge in [0.2, 0.25) is 0 Å². The third kappa shape index (κ3) is 3.77. The van der Waals surface area contributed by atoms with Crippen LogP contribution in [0.1, 0.15) is 24.2 Å². The average Bonchev–Trinajstić information content (AvgIpc) is 2.34. The molecule has 0 radical (unpaired) electrons. The molecule has 1 aromatic rings. The summed E-state index contributed by atoms with van der Waals surface area (Å²) in [5.41, 5.74) is 0.0488. The maximum absolute atomic E-state index is 11.8. The molecule has 19 heavy (non-hydrogen) atoms. The zero-order valence-electron chi connectivity index (χ0n) is 10.5. The normalized spacial score (nSPS) is 11.9. The molecule has 0 spiro atoms. The first-order valence-electron chi connectivity index (χ1n) is 5.61. The largest absolute Gasteiger partial charge is 0.480 e. The molecule has 0 fully saturated rings. The maximum atomic E-state index is 11.8. The highest BCUT2D eigenvalue weighted by Crippen LogP contribution is 2.12. The minimum absolute atomic E-state index is 0.129. The molecule has 0 saturated heterocycles. The van der Waals surface area contributed by atoms with Gasteiger partial charge < -0.3 is 10.4 Å². The Hall–Kier alpha value is -2.44. The lowest BCUT2D eigenvalue weighted by atomic mass is 10.0. The van der Waals surface area contributed by atoms with Crippen LogP contribution in [0.25, 0.3) is 0 Å². The first-order chi connectivity index (χ1) is 8.82. The predicted octanol–water partition coefficient (Wildman–Crippen LogP) is 1.43. The van der Waals surface area contributed by atoms with E-state index in [1.165, 1.54) is 24.3 Å². The number of carbonyl (C=O) groups is 2. The molecule has 0 aliphatic carbocycles. The summed E-state index contributed by atoms with van der Waals surface area (Å²) in [6.07, 6.45) is 0. The second kappa shape index (κ2) is 5.94. The fourth-order valence-corrected chi connectivity index (χ4v) is 1.47. The number of benzene rings is 1. The number of rotatable bonds is 5. The van der Waals surface area contributed by atoms with E-state index >= 15 is 0 Å². The molecule has 0 unspecified atom stereocenters. The molecule has 2 N–H and O–H groups in total. The molecule has 1 rings (SSSR count). The SMILES string of the molecule is CC(C)[C@H](NC(=O)c1ccc([N+](=O)[O-])cc1)C(=O)O. The molecule has 7 heteroatoms. The minimum Gasteiger partial charge on any atom is -0.480 e. The van der Waals surface area contributed by atoms with Crippen molar-refractivity contribution in [2.24, 2.45) is 5.92 Å². The summed E-state index contributed by atoms with van der Waals surface area (Å²) in [5, 5.41) is 21.8. The summed E-state index contributed by atoms with van der Waals surface area (Å²) in [7, 11) is 0. The number of carboxylic acids is 1. The molecule has 102 valence electrons. The van der Waals surface area contributed by atoms with Gasteiger partial charge in [0.1, 0.15) is 6.04 Å². The lowest BCUT2D eigenvalue weighted by molar-refractivity contribution is -0.384. The zero-order valence-corrected chi connectivity index (χ0v) is 10.5. The molecular formula is C12H14N2O5. The van der Waals surface area contributed by atoms with Crippen molar-refractivity contribution in [3.63, 3.8) is 0 Å². The van der Waals surface area contributed by atoms with Crippen LogP contribution < -0.4 is 5.32 Å². The number of nitrogens with one attached hydrogen (secondary N) is 1. The van der Waals surface area contributed by atoms with Crippen molar-refractivity contribution in [3.8, 4) is 0 Å². The van der Waals surface area contributed by atoms with Gasteiger partial charge in [-0.05, 0) is 18.1 Å². The van der Waals surface area contributed by atoms with Gasteiger partial charge in [0.15, 0.2) is 0 Å². The number of carbonyl (C=O) groups excluding carboxylic acids is 1. The van der Waals surface area contributed by atoms with Gasteiger partial charge >= 0.3 is 5.97 Å². The van der Waals surface area contributed by atoms with E-state index in [9.17, 15) is 19.7 Å². The van der Waals surface area contributed by atoms with Gasteiger partial charge in [-0.3, -0.25) is 14.9 Å². The van der Waals surface area contributed by atoms with E-state index in [2.05, 4.69) is 5.32 Å². The molecule has 0 heterocycles. The number of amides is 1. The Kier molecular flexibility index (Phi) is 4.57. The van der Waals surface area contributed by atoms with Crippen molar-refractivity contribution in [2.75, 3.05) is 0 Å². The third-order valence-electron chi connectivity index (χ3n) is 2.56. The van der Waals surface area contributed by atoms with Crippen LogP contribution >= 0.6 is 0 Å². The fraction of sp³-hybridized carbons (Fsp3) is 0.333. The van der Waals surface area contributed by atoms with Crippen LogP contribution in [0.3, 0.4) is 0 Å². The number of hydrogen-bond acceptors (Lipinski definition) is 4. The van der Waals surface area contributed by atoms with Crippen molar-refractivity contribution >= 4 is 17.6 Å². The van der Waals surface area contributed by atoms with E-state index in [-0.39, 0.29) is 17.2 Å². The highest BCUT2D eigenvalue weighted by atomic mass is 16.6. The molecule has 0 aliphatic heterocycles. The summed E-state index contributed by atoms with van der Waals surface area (Å²) in [5.74, 6) is -1.96. The Bertz CT molecular complexity index is 495. The number of carboxylic acid groups (broad SMARTS) is 1. The summed E-state index contributed by atoms with van der Waals surface area (Å²) < 4.78 is 0. The van der Waals surface area contributed by atoms with Crippen molar-refractivity contribution in [2.45, 2.75) is 19.9 Å². The quantitative estimate of drug-likeness (QED) is 0.619. The first kappa shape index (κ1) is 14.6. The first-order valence-corrected chi connectivity index (χ1v) is 5.61. The topological polar surface area (TPSA) is 110 Å². The lowest BCUT2D eigenvalue weighted by Gasteiger charge is -2.17. The number of nitro groups is 1. The van der Waals surface area contributed by atoms with E-state index in [4.69, 9.17) is 5.11 Å². The van der Waals surface area contributed by atoms with Crippen LogP contribution in [-0.4, -0.2) is 27.9 Å². The molecule has 1 atom stereocenters. The molecule has 0 saturated carbocycles. The van der Waals surface area contributed by atoms with Gasteiger partial charge in [-0.2, -0.15) is 0 Å². The van der Waals surface area contributed by atoms with E-state index < -0.39 is 22.8 Å². The highest BCUT2D eigenvalue weighted by Gasteiger charge is 2.24. The second-order valence-corrected chi connectivity index (χ2v) is 4.34. The number of hydrogen-bond donors (Lipinski definition) is 2. The lowest BCUT2D eigenvalue weighted by Crippen LogP contribution is -2.44. The van der Waals surface area contributed by atoms with Gasteiger partial charge in [-0.25, -0.2) is 4.79 Å². The Morgan fingerprint density at radius 1 is 1.26 bits per heavy atom. The van der Waals surface area contributed by atoms with Crippen molar-refractivity contribution in [3.05, 3.63) is 39.9 Å². The smallest absolute Gasteiger partial charge is 0.326 e. The number of aliphatic carboxylic acids is 1. The van der Waals surface area contributed by atoms with Crippen LogP contribution in [0.4, 0.5) is 5.69 Å². The fourth-order valence-electron chi connectivity index (χ4n) is 1.47. The standard InChI is InChI=1S/C12H14N2O5/c1-7(2)10(12(16)17)13-11(15)8-3-5-9(6-4-8)14(18)19/h3-7,10H,1-2H3,(H,13,15)(H,16,17)/t10-/m0/s1. The monoisotopic (exact) mass is 266 g/mol. The zero-order chi connectivity index (χ0) is 14.6. The summed E-state index contributed by atoms with van der Waals surface area (Å²) >= 11 is 0. The van der Waals surface area contributed by atoms with Crippen LogP contribution in [0.2, 0.25) is 0 Å². The highest BCUT2D eigenvalue weighted by molar-refractivity contribution is 5.96. The van der Waals surface area contributed by atoms with Crippen molar-refractivity contribution in [1.29, 1.82) is 0 Å². The molecule has 1 aromatic carbocycles. The van der Waals surface area contributed by atoms with Crippen LogP contribution in [0, 0.1) is 16.0 Å². The van der Waals surface area contributed by atoms with Crippen LogP contribution in [0.15, 0.2) is 24.3 Å². The summed E-state index contributed by atoms with van der Waals surface area (Å²) in [6.45, 7) is 3.35. The molecular weight excluding hydrogens is 252 g/mol. The summed E-state index contributed by atoms with van der Waals surface area (Å²) in [6, 6.07) is 3.96. The second-order valence-electron chi connectivity index (χ2n) is 4.34. The van der Waals surface area contributed by atoms with Crippen LogP contribution in [0.5, 0.6) is 0 Å². The van der Waals surface area contributed by atoms with E-state index in [0.717, 1.165) is 0 Å². The average molecular weight is 266 g/mol. The Morgan fingerprint density at radius 2 is 1.79 bits per heavy atom. The van der Waals surface area contributed by atoms with E-state index in [1.54, 1.807) is 13.8 Å². The predicted molar refractivity (Wildman–Crippen MR) is 66.8 cm³/mol. The van der Waals surface area contributed by atoms with Crippen molar-refractivity contribution in [1.82, 2.24) is 5.32 Å². The van der Waals surface area contributed by atoms with Gasteiger partial charge in [0, 0.05) is 17.7 Å². The van der Waals surface area contributed by atoms with Crippen molar-refractivity contribution < 1.29 is 19.6 Å². The van der Waals surface area contributed by atoms with Gasteiger partial charge in [-0.15, -0.1) is 0 Å². The molecule has 0 bridgehead atoms. The Morgan fingerprint density at radius 3 is 2.16 bits per heavy atom. The van der Waals surface area contributed by atoms with Gasteiger partial charge in [0.05, 0.1) is 4.92 Å². The summed E-state index contributed by atoms with van der Waals surface area (Å²) in [4.78, 5) is 32.6. The van der Waals surface area contributed by atoms with Crippen LogP contribution in [-0.2, 0) is 4.79 Å². The Labute approximate surface area is 109 Å². The third-order valence-corrected chi connectivity index (χ3v) is 2.56. The number of non-ortho nitro benzene ring substituents is 1. The molecule has 1 amide bonds. The van der Waals surface area contributed by atoms with E-state index in [0.29, 0.717) is 0 Å². The molecule has 0 aromatic heterocycles. The number of nitro benzene ring substituents is 1. The minimum atomic E-state index is -1.12. The molecule has 7 nitrogen and oxygen atoms in total. The van der Waals surface area contributed by atoms with Gasteiger partial charge in [0.25, 0.3) is 11.6 Å². The number of nitrogens with zero attached hydrogens (tertiary/aromatic N) is 1. The molecule has 0 aliphatic rings. The maximum Gasteiger partial charge on any atom is 0.326 e. The Balaban J connectivity index is 2.83. The van der Waals surface area contributed by atoms with Gasteiger partial charge in [-0.1, -0.05) is 13.8 Å². The van der Waals surface area contributed by atoms with E-state index in [1.807, 2.05) is 0 Å².